The van der Waals surface area contributed by atoms with Crippen LogP contribution in [0.4, 0.5) is 0 Å². The molecule has 0 saturated carbocycles. The summed E-state index contributed by atoms with van der Waals surface area (Å²) >= 11 is 0. The van der Waals surface area contributed by atoms with Crippen molar-refractivity contribution in [1.29, 1.82) is 0 Å². The van der Waals surface area contributed by atoms with E-state index in [-0.39, 0.29) is 0 Å². The Morgan fingerprint density at radius 2 is 0.907 bits per heavy atom. The Morgan fingerprint density at radius 1 is 0.512 bits per heavy atom. The molecule has 0 saturated heterocycles. The fraction of sp³-hybridized carbons (Fsp3) is 1.00. The average molecular weight is 743 g/mol. The fourth-order valence-corrected chi connectivity index (χ4v) is 28.6. The minimum absolute atomic E-state index is 0.541. The molecular formula is C23H62O13Si7. The summed E-state index contributed by atoms with van der Waals surface area (Å²) in [6, 6.07) is 4.62. The smallest absolute Gasteiger partial charge is 0.439 e. The summed E-state index contributed by atoms with van der Waals surface area (Å²) in [6.07, 6.45) is 1.77. The van der Waals surface area contributed by atoms with Gasteiger partial charge in [-0.2, -0.15) is 0 Å². The highest BCUT2D eigenvalue weighted by Crippen LogP contribution is 2.33. The maximum absolute atomic E-state index is 9.82. The van der Waals surface area contributed by atoms with E-state index in [0.717, 1.165) is 24.9 Å². The molecule has 0 fully saturated rings. The lowest BCUT2D eigenvalue weighted by Gasteiger charge is -2.40. The number of unbranched alkanes of at least 4 members (excludes halogenated alkanes) is 1. The second-order valence-electron chi connectivity index (χ2n) is 10.9. The monoisotopic (exact) mass is 742 g/mol. The summed E-state index contributed by atoms with van der Waals surface area (Å²) < 4.78 is 72.1. The molecular weight excluding hydrogens is 681 g/mol. The van der Waals surface area contributed by atoms with Gasteiger partial charge in [0.15, 0.2) is 18.1 Å². The highest BCUT2D eigenvalue weighted by atomic mass is 28.5. The fourth-order valence-electron chi connectivity index (χ4n) is 4.87. The van der Waals surface area contributed by atoms with Crippen LogP contribution in [0.25, 0.3) is 0 Å². The van der Waals surface area contributed by atoms with Crippen LogP contribution in [0.2, 0.25) is 68.5 Å². The molecule has 43 heavy (non-hydrogen) atoms. The van der Waals surface area contributed by atoms with Gasteiger partial charge < -0.3 is 57.3 Å². The summed E-state index contributed by atoms with van der Waals surface area (Å²) in [7, 11) is -3.10. The van der Waals surface area contributed by atoms with Crippen molar-refractivity contribution in [3.05, 3.63) is 0 Å². The summed E-state index contributed by atoms with van der Waals surface area (Å²) in [4.78, 5) is 9.82. The number of hydrogen-bond acceptors (Lipinski definition) is 13. The lowest BCUT2D eigenvalue weighted by molar-refractivity contribution is 0.123. The quantitative estimate of drug-likeness (QED) is 0.0931. The van der Waals surface area contributed by atoms with Gasteiger partial charge in [0.25, 0.3) is 0 Å². The van der Waals surface area contributed by atoms with E-state index in [2.05, 4.69) is 19.6 Å². The summed E-state index contributed by atoms with van der Waals surface area (Å²) in [6.45, 7) is 8.84. The van der Waals surface area contributed by atoms with Gasteiger partial charge in [-0.25, -0.2) is 0 Å². The highest BCUT2D eigenvalue weighted by molar-refractivity contribution is 6.84. The molecule has 1 N–H and O–H groups in total. The van der Waals surface area contributed by atoms with Gasteiger partial charge in [0.1, 0.15) is 0 Å². The Bertz CT molecular complexity index is 696. The van der Waals surface area contributed by atoms with Crippen molar-refractivity contribution in [3.8, 4) is 0 Å². The van der Waals surface area contributed by atoms with E-state index < -0.39 is 61.6 Å². The zero-order valence-corrected chi connectivity index (χ0v) is 36.4. The molecule has 0 aromatic rings. The molecule has 0 spiro atoms. The van der Waals surface area contributed by atoms with Gasteiger partial charge in [0.2, 0.25) is 0 Å². The zero-order valence-electron chi connectivity index (χ0n) is 29.1. The Labute approximate surface area is 270 Å². The van der Waals surface area contributed by atoms with Gasteiger partial charge in [-0.1, -0.05) is 6.42 Å². The maximum Gasteiger partial charge on any atom is 0.500 e. The van der Waals surface area contributed by atoms with E-state index in [1.54, 1.807) is 64.0 Å². The molecule has 13 nitrogen and oxygen atoms in total. The number of hydrogen-bond donors (Lipinski definition) is 1. The van der Waals surface area contributed by atoms with Crippen molar-refractivity contribution in [2.24, 2.45) is 0 Å². The molecule has 0 aliphatic rings. The molecule has 0 aromatic carbocycles. The molecule has 0 heterocycles. The minimum atomic E-state index is -2.90. The molecule has 0 aromatic heterocycles. The lowest BCUT2D eigenvalue weighted by atomic mass is 10.4. The Balaban J connectivity index is 6.20. The van der Waals surface area contributed by atoms with Gasteiger partial charge in [-0.3, -0.25) is 0 Å². The van der Waals surface area contributed by atoms with Crippen LogP contribution in [0.15, 0.2) is 0 Å². The third-order valence-corrected chi connectivity index (χ3v) is 30.1. The molecule has 20 heteroatoms. The molecule has 4 atom stereocenters. The first kappa shape index (κ1) is 44.0. The van der Waals surface area contributed by atoms with Crippen molar-refractivity contribution < 1.29 is 57.3 Å². The van der Waals surface area contributed by atoms with E-state index in [1.807, 2.05) is 6.55 Å². The Hall–Kier alpha value is 0.998. The normalized spacial score (nSPS) is 17.4. The molecule has 260 valence electrons. The SMILES string of the molecule is CO[Si](CC[SiH](C)O[Si](C)(CC[Si](OC)(OC)OC)O[Si](C)(CC[Si](OC)(OC)OC)OCCCC[SiH](C)O)(OC)OC. The van der Waals surface area contributed by atoms with Gasteiger partial charge in [0, 0.05) is 88.7 Å². The highest BCUT2D eigenvalue weighted by Gasteiger charge is 2.50. The third kappa shape index (κ3) is 15.6. The van der Waals surface area contributed by atoms with Gasteiger partial charge in [-0.05, 0) is 56.8 Å². The van der Waals surface area contributed by atoms with Gasteiger partial charge >= 0.3 is 43.5 Å². The van der Waals surface area contributed by atoms with Crippen molar-refractivity contribution >= 4 is 61.6 Å². The second kappa shape index (κ2) is 21.8. The third-order valence-electron chi connectivity index (χ3n) is 7.73. The van der Waals surface area contributed by atoms with E-state index in [0.29, 0.717) is 36.8 Å². The van der Waals surface area contributed by atoms with Crippen molar-refractivity contribution in [2.75, 3.05) is 70.6 Å². The van der Waals surface area contributed by atoms with Gasteiger partial charge in [0.05, 0.1) is 0 Å². The van der Waals surface area contributed by atoms with Gasteiger partial charge in [-0.15, -0.1) is 0 Å². The summed E-state index contributed by atoms with van der Waals surface area (Å²) in [5, 5.41) is 0. The molecule has 4 unspecified atom stereocenters. The first-order valence-corrected chi connectivity index (χ1v) is 30.6. The molecule has 0 rings (SSSR count). The lowest BCUT2D eigenvalue weighted by Crippen LogP contribution is -2.56. The van der Waals surface area contributed by atoms with Crippen LogP contribution >= 0.6 is 0 Å². The Morgan fingerprint density at radius 3 is 1.30 bits per heavy atom. The van der Waals surface area contributed by atoms with Crippen LogP contribution in [-0.4, -0.2) is 137 Å². The zero-order chi connectivity index (χ0) is 33.2. The minimum Gasteiger partial charge on any atom is -0.439 e. The second-order valence-corrected chi connectivity index (χ2v) is 32.2. The molecule has 0 bridgehead atoms. The topological polar surface area (TPSA) is 131 Å². The van der Waals surface area contributed by atoms with Crippen LogP contribution in [0.1, 0.15) is 12.8 Å². The van der Waals surface area contributed by atoms with Crippen LogP contribution in [-0.2, 0) is 52.5 Å². The standard InChI is InChI=1S/C23H62O13Si7/c1-25-41(26-2,27-3)19-18-38(11)35-40(13,21-23-43(31-7,32-8)33-9)36-39(12,34-16-14-15-17-37(10)24)20-22-42(28-4,29-5)30-6/h24,37-38H,14-23H2,1-13H3. The number of rotatable bonds is 28. The van der Waals surface area contributed by atoms with Crippen molar-refractivity contribution in [2.45, 2.75) is 81.3 Å². The summed E-state index contributed by atoms with van der Waals surface area (Å²) in [5.74, 6) is 0. The molecule has 0 aliphatic carbocycles. The van der Waals surface area contributed by atoms with Crippen LogP contribution in [0.5, 0.6) is 0 Å². The molecule has 0 amide bonds. The van der Waals surface area contributed by atoms with Crippen molar-refractivity contribution in [3.63, 3.8) is 0 Å². The van der Waals surface area contributed by atoms with E-state index >= 15 is 0 Å². The largest absolute Gasteiger partial charge is 0.500 e. The van der Waals surface area contributed by atoms with E-state index in [1.165, 1.54) is 0 Å². The summed E-state index contributed by atoms with van der Waals surface area (Å²) in [5.41, 5.74) is 0. The molecule has 0 radical (unpaired) electrons. The first-order valence-electron chi connectivity index (χ1n) is 14.8. The van der Waals surface area contributed by atoms with Crippen LogP contribution in [0, 0.1) is 0 Å². The average Bonchev–Trinajstić information content (AvgIpc) is 3.00. The van der Waals surface area contributed by atoms with E-state index in [4.69, 9.17) is 52.5 Å². The van der Waals surface area contributed by atoms with E-state index in [9.17, 15) is 4.80 Å². The predicted molar refractivity (Wildman–Crippen MR) is 183 cm³/mol. The molecule has 0 aliphatic heterocycles. The van der Waals surface area contributed by atoms with Crippen LogP contribution in [0.3, 0.4) is 0 Å². The maximum atomic E-state index is 9.82. The van der Waals surface area contributed by atoms with Crippen LogP contribution < -0.4 is 0 Å². The van der Waals surface area contributed by atoms with Crippen molar-refractivity contribution in [1.82, 2.24) is 0 Å². The Kier molecular flexibility index (Phi) is 22.3. The predicted octanol–water partition coefficient (Wildman–Crippen LogP) is 3.29. The first-order chi connectivity index (χ1) is 20.2.